The van der Waals surface area contributed by atoms with Crippen molar-refractivity contribution in [3.8, 4) is 0 Å². The van der Waals surface area contributed by atoms with Gasteiger partial charge in [-0.3, -0.25) is 9.59 Å². The van der Waals surface area contributed by atoms with Crippen LogP contribution in [0.15, 0.2) is 18.2 Å². The van der Waals surface area contributed by atoms with Crippen molar-refractivity contribution in [1.29, 1.82) is 0 Å². The summed E-state index contributed by atoms with van der Waals surface area (Å²) in [5, 5.41) is 2.92. The van der Waals surface area contributed by atoms with E-state index in [-0.39, 0.29) is 17.9 Å². The fourth-order valence-electron chi connectivity index (χ4n) is 2.62. The van der Waals surface area contributed by atoms with Crippen LogP contribution >= 0.6 is 0 Å². The molecule has 1 aromatic rings. The number of carbonyl (C=O) groups is 2. The fraction of sp³-hybridized carbons (Fsp3) is 0.467. The molecule has 0 saturated carbocycles. The third-order valence-corrected chi connectivity index (χ3v) is 3.62. The molecule has 1 unspecified atom stereocenters. The second-order valence-corrected chi connectivity index (χ2v) is 5.61. The Hall–Kier alpha value is -2.24. The molecular formula is C15H22N4O2. The van der Waals surface area contributed by atoms with Crippen molar-refractivity contribution >= 4 is 23.2 Å². The summed E-state index contributed by atoms with van der Waals surface area (Å²) in [6.07, 6.45) is 0.900. The molecule has 1 aromatic carbocycles. The molecule has 1 saturated heterocycles. The van der Waals surface area contributed by atoms with E-state index in [0.717, 1.165) is 25.2 Å². The standard InChI is InChI=1S/C15H22N4O2/c1-10(20)17-12-6-7-19(9-12)14-5-4-11(8-13(14)16)15(21)18(2)3/h4-5,8,12H,6-7,9,16H2,1-3H3,(H,17,20). The number of amides is 2. The molecule has 0 radical (unpaired) electrons. The average molecular weight is 290 g/mol. The lowest BCUT2D eigenvalue weighted by atomic mass is 10.1. The first-order chi connectivity index (χ1) is 9.88. The van der Waals surface area contributed by atoms with E-state index in [1.807, 2.05) is 6.07 Å². The zero-order valence-corrected chi connectivity index (χ0v) is 12.7. The number of benzene rings is 1. The van der Waals surface area contributed by atoms with Gasteiger partial charge in [0.1, 0.15) is 0 Å². The van der Waals surface area contributed by atoms with Gasteiger partial charge in [0.2, 0.25) is 5.91 Å². The Balaban J connectivity index is 2.12. The minimum Gasteiger partial charge on any atom is -0.397 e. The van der Waals surface area contributed by atoms with Crippen molar-refractivity contribution in [2.75, 3.05) is 37.8 Å². The number of carbonyl (C=O) groups excluding carboxylic acids is 2. The Kier molecular flexibility index (Phi) is 4.35. The zero-order valence-electron chi connectivity index (χ0n) is 12.7. The van der Waals surface area contributed by atoms with E-state index in [1.165, 1.54) is 11.8 Å². The van der Waals surface area contributed by atoms with E-state index in [9.17, 15) is 9.59 Å². The molecule has 6 nitrogen and oxygen atoms in total. The topological polar surface area (TPSA) is 78.7 Å². The molecule has 0 aromatic heterocycles. The Morgan fingerprint density at radius 1 is 1.38 bits per heavy atom. The molecule has 3 N–H and O–H groups in total. The fourth-order valence-corrected chi connectivity index (χ4v) is 2.62. The minimum atomic E-state index is -0.0641. The Labute approximate surface area is 124 Å². The van der Waals surface area contributed by atoms with Crippen molar-refractivity contribution < 1.29 is 9.59 Å². The van der Waals surface area contributed by atoms with Crippen LogP contribution in [0.1, 0.15) is 23.7 Å². The number of nitrogen functional groups attached to an aromatic ring is 1. The Morgan fingerprint density at radius 2 is 2.10 bits per heavy atom. The highest BCUT2D eigenvalue weighted by Crippen LogP contribution is 2.28. The van der Waals surface area contributed by atoms with Gasteiger partial charge >= 0.3 is 0 Å². The summed E-state index contributed by atoms with van der Waals surface area (Å²) < 4.78 is 0. The number of nitrogens with zero attached hydrogens (tertiary/aromatic N) is 2. The van der Waals surface area contributed by atoms with E-state index in [2.05, 4.69) is 10.2 Å². The average Bonchev–Trinajstić information content (AvgIpc) is 2.84. The number of nitrogens with one attached hydrogen (secondary N) is 1. The number of anilines is 2. The van der Waals surface area contributed by atoms with Gasteiger partial charge < -0.3 is 20.9 Å². The number of nitrogens with two attached hydrogens (primary N) is 1. The third-order valence-electron chi connectivity index (χ3n) is 3.62. The molecular weight excluding hydrogens is 268 g/mol. The van der Waals surface area contributed by atoms with Crippen molar-refractivity contribution in [2.24, 2.45) is 0 Å². The van der Waals surface area contributed by atoms with E-state index < -0.39 is 0 Å². The highest BCUT2D eigenvalue weighted by molar-refractivity contribution is 5.95. The number of rotatable bonds is 3. The van der Waals surface area contributed by atoms with Crippen LogP contribution in [0.2, 0.25) is 0 Å². The van der Waals surface area contributed by atoms with Crippen LogP contribution in [0.4, 0.5) is 11.4 Å². The predicted molar refractivity (Wildman–Crippen MR) is 83.3 cm³/mol. The summed E-state index contributed by atoms with van der Waals surface area (Å²) in [5.74, 6) is -0.0763. The van der Waals surface area contributed by atoms with Crippen molar-refractivity contribution in [3.05, 3.63) is 23.8 Å². The summed E-state index contributed by atoms with van der Waals surface area (Å²) in [7, 11) is 3.43. The maximum Gasteiger partial charge on any atom is 0.253 e. The van der Waals surface area contributed by atoms with Gasteiger partial charge in [-0.1, -0.05) is 0 Å². The largest absolute Gasteiger partial charge is 0.397 e. The van der Waals surface area contributed by atoms with E-state index in [4.69, 9.17) is 5.73 Å². The van der Waals surface area contributed by atoms with Gasteiger partial charge in [0.25, 0.3) is 5.91 Å². The van der Waals surface area contributed by atoms with E-state index >= 15 is 0 Å². The van der Waals surface area contributed by atoms with Gasteiger partial charge in [0, 0.05) is 45.7 Å². The second-order valence-electron chi connectivity index (χ2n) is 5.61. The van der Waals surface area contributed by atoms with Gasteiger partial charge in [-0.05, 0) is 24.6 Å². The van der Waals surface area contributed by atoms with Gasteiger partial charge in [-0.15, -0.1) is 0 Å². The molecule has 0 aliphatic carbocycles. The molecule has 1 heterocycles. The van der Waals surface area contributed by atoms with E-state index in [1.54, 1.807) is 26.2 Å². The SMILES string of the molecule is CC(=O)NC1CCN(c2ccc(C(=O)N(C)C)cc2N)C1. The quantitative estimate of drug-likeness (QED) is 0.803. The molecule has 1 atom stereocenters. The highest BCUT2D eigenvalue weighted by Gasteiger charge is 2.24. The molecule has 114 valence electrons. The molecule has 6 heteroatoms. The second kappa shape index (κ2) is 6.03. The molecule has 1 aliphatic heterocycles. The summed E-state index contributed by atoms with van der Waals surface area (Å²) >= 11 is 0. The first-order valence-electron chi connectivity index (χ1n) is 7.01. The molecule has 0 bridgehead atoms. The van der Waals surface area contributed by atoms with Crippen molar-refractivity contribution in [1.82, 2.24) is 10.2 Å². The summed E-state index contributed by atoms with van der Waals surface area (Å²) in [6.45, 7) is 3.11. The number of hydrogen-bond acceptors (Lipinski definition) is 4. The first-order valence-corrected chi connectivity index (χ1v) is 7.01. The summed E-state index contributed by atoms with van der Waals surface area (Å²) in [5.41, 5.74) is 8.17. The smallest absolute Gasteiger partial charge is 0.253 e. The van der Waals surface area contributed by atoms with Crippen LogP contribution in [-0.2, 0) is 4.79 Å². The normalized spacial score (nSPS) is 17.7. The number of hydrogen-bond donors (Lipinski definition) is 2. The maximum absolute atomic E-state index is 11.9. The van der Waals surface area contributed by atoms with Gasteiger partial charge in [-0.2, -0.15) is 0 Å². The van der Waals surface area contributed by atoms with Gasteiger partial charge in [-0.25, -0.2) is 0 Å². The summed E-state index contributed by atoms with van der Waals surface area (Å²) in [6, 6.07) is 5.54. The van der Waals surface area contributed by atoms with Crippen LogP contribution in [-0.4, -0.2) is 49.9 Å². The molecule has 2 amide bonds. The molecule has 1 aliphatic rings. The third kappa shape index (κ3) is 3.45. The van der Waals surface area contributed by atoms with Crippen LogP contribution < -0.4 is 16.0 Å². The molecule has 2 rings (SSSR count). The molecule has 0 spiro atoms. The van der Waals surface area contributed by atoms with Crippen LogP contribution in [0.25, 0.3) is 0 Å². The Morgan fingerprint density at radius 3 is 2.67 bits per heavy atom. The van der Waals surface area contributed by atoms with Crippen LogP contribution in [0, 0.1) is 0 Å². The van der Waals surface area contributed by atoms with Gasteiger partial charge in [0.05, 0.1) is 11.4 Å². The zero-order chi connectivity index (χ0) is 15.6. The first kappa shape index (κ1) is 15.2. The Bertz CT molecular complexity index is 557. The monoisotopic (exact) mass is 290 g/mol. The molecule has 21 heavy (non-hydrogen) atoms. The van der Waals surface area contributed by atoms with E-state index in [0.29, 0.717) is 11.3 Å². The maximum atomic E-state index is 11.9. The summed E-state index contributed by atoms with van der Waals surface area (Å²) in [4.78, 5) is 26.7. The lowest BCUT2D eigenvalue weighted by molar-refractivity contribution is -0.119. The van der Waals surface area contributed by atoms with Gasteiger partial charge in [0.15, 0.2) is 0 Å². The minimum absolute atomic E-state index is 0.0123. The lowest BCUT2D eigenvalue weighted by Crippen LogP contribution is -2.35. The van der Waals surface area contributed by atoms with Crippen molar-refractivity contribution in [3.63, 3.8) is 0 Å². The molecule has 1 fully saturated rings. The van der Waals surface area contributed by atoms with Crippen LogP contribution in [0.3, 0.4) is 0 Å². The lowest BCUT2D eigenvalue weighted by Gasteiger charge is -2.21. The van der Waals surface area contributed by atoms with Crippen LogP contribution in [0.5, 0.6) is 0 Å². The predicted octanol–water partition coefficient (Wildman–Crippen LogP) is 0.685. The van der Waals surface area contributed by atoms with Crippen molar-refractivity contribution in [2.45, 2.75) is 19.4 Å². The highest BCUT2D eigenvalue weighted by atomic mass is 16.2.